The minimum absolute atomic E-state index is 0.0125. The Morgan fingerprint density at radius 3 is 2.59 bits per heavy atom. The average Bonchev–Trinajstić information content (AvgIpc) is 2.52. The van der Waals surface area contributed by atoms with Gasteiger partial charge in [-0.15, -0.1) is 0 Å². The summed E-state index contributed by atoms with van der Waals surface area (Å²) in [4.78, 5) is 22.6. The van der Waals surface area contributed by atoms with Crippen LogP contribution in [0.25, 0.3) is 0 Å². The van der Waals surface area contributed by atoms with Gasteiger partial charge in [0, 0.05) is 18.3 Å². The summed E-state index contributed by atoms with van der Waals surface area (Å²) in [5.41, 5.74) is 1.54. The second-order valence-electron chi connectivity index (χ2n) is 6.40. The molecule has 122 valence electrons. The van der Waals surface area contributed by atoms with Crippen LogP contribution < -0.4 is 5.32 Å². The zero-order valence-corrected chi connectivity index (χ0v) is 14.3. The molecule has 1 aliphatic rings. The molecule has 1 heterocycles. The summed E-state index contributed by atoms with van der Waals surface area (Å²) < 4.78 is 0. The Morgan fingerprint density at radius 2 is 2.05 bits per heavy atom. The van der Waals surface area contributed by atoms with E-state index < -0.39 is 0 Å². The van der Waals surface area contributed by atoms with E-state index in [0.717, 1.165) is 18.8 Å². The van der Waals surface area contributed by atoms with Crippen molar-refractivity contribution in [1.29, 1.82) is 0 Å². The van der Waals surface area contributed by atoms with Gasteiger partial charge in [-0.2, -0.15) is 0 Å². The van der Waals surface area contributed by atoms with Gasteiger partial charge < -0.3 is 5.32 Å². The quantitative estimate of drug-likeness (QED) is 0.819. The average molecular weight is 304 g/mol. The molecule has 0 bridgehead atoms. The van der Waals surface area contributed by atoms with Gasteiger partial charge in [-0.25, -0.2) is 9.97 Å². The number of hydrogen-bond donors (Lipinski definition) is 1. The van der Waals surface area contributed by atoms with Gasteiger partial charge in [0.15, 0.2) is 5.78 Å². The molecular weight excluding hydrogens is 276 g/mol. The molecule has 5 nitrogen and oxygen atoms in total. The van der Waals surface area contributed by atoms with Crippen LogP contribution in [0.3, 0.4) is 0 Å². The van der Waals surface area contributed by atoms with E-state index in [1.807, 2.05) is 6.92 Å². The fraction of sp³-hybridized carbons (Fsp3) is 0.706. The Hall–Kier alpha value is -1.49. The van der Waals surface area contributed by atoms with Gasteiger partial charge in [0.1, 0.15) is 0 Å². The van der Waals surface area contributed by atoms with E-state index in [1.165, 1.54) is 32.1 Å². The van der Waals surface area contributed by atoms with Crippen molar-refractivity contribution in [2.75, 3.05) is 25.5 Å². The van der Waals surface area contributed by atoms with E-state index in [1.54, 1.807) is 13.1 Å². The number of carbonyl (C=O) groups is 1. The van der Waals surface area contributed by atoms with Gasteiger partial charge in [0.05, 0.1) is 11.3 Å². The van der Waals surface area contributed by atoms with Gasteiger partial charge in [-0.1, -0.05) is 26.2 Å². The summed E-state index contributed by atoms with van der Waals surface area (Å²) in [6.07, 6.45) is 7.97. The summed E-state index contributed by atoms with van der Waals surface area (Å²) in [5.74, 6) is 0.635. The van der Waals surface area contributed by atoms with E-state index in [9.17, 15) is 4.79 Å². The van der Waals surface area contributed by atoms with Crippen LogP contribution >= 0.6 is 0 Å². The Balaban J connectivity index is 2.09. The number of anilines is 1. The Bertz CT molecular complexity index is 523. The zero-order chi connectivity index (χ0) is 16.2. The first-order valence-corrected chi connectivity index (χ1v) is 8.28. The maximum atomic E-state index is 11.5. The van der Waals surface area contributed by atoms with E-state index in [0.29, 0.717) is 11.5 Å². The molecule has 1 aromatic heterocycles. The summed E-state index contributed by atoms with van der Waals surface area (Å²) in [7, 11) is 2.21. The number of Topliss-reactive ketones (excluding diaryl/α,β-unsaturated/α-hetero) is 1. The topological polar surface area (TPSA) is 58.1 Å². The fourth-order valence-electron chi connectivity index (χ4n) is 3.38. The highest BCUT2D eigenvalue weighted by atomic mass is 16.1. The highest BCUT2D eigenvalue weighted by Gasteiger charge is 2.35. The number of aryl methyl sites for hydroxylation is 1. The van der Waals surface area contributed by atoms with Crippen molar-refractivity contribution in [1.82, 2.24) is 14.9 Å². The predicted molar refractivity (Wildman–Crippen MR) is 89.4 cm³/mol. The van der Waals surface area contributed by atoms with Crippen LogP contribution in [-0.4, -0.2) is 46.3 Å². The molecule has 1 N–H and O–H groups in total. The second-order valence-corrected chi connectivity index (χ2v) is 6.40. The van der Waals surface area contributed by atoms with Gasteiger partial charge in [-0.05, 0) is 40.3 Å². The van der Waals surface area contributed by atoms with Crippen molar-refractivity contribution in [2.45, 2.75) is 58.4 Å². The summed E-state index contributed by atoms with van der Waals surface area (Å²) >= 11 is 0. The molecule has 0 aromatic carbocycles. The van der Waals surface area contributed by atoms with Crippen molar-refractivity contribution >= 4 is 11.7 Å². The molecule has 1 aromatic rings. The number of likely N-dealkylation sites (N-methyl/N-ethyl adjacent to an activating group) is 1. The van der Waals surface area contributed by atoms with Crippen molar-refractivity contribution in [3.63, 3.8) is 0 Å². The Kier molecular flexibility index (Phi) is 5.51. The molecule has 2 rings (SSSR count). The highest BCUT2D eigenvalue weighted by molar-refractivity contribution is 5.94. The van der Waals surface area contributed by atoms with Crippen LogP contribution in [0.15, 0.2) is 6.20 Å². The van der Waals surface area contributed by atoms with E-state index >= 15 is 0 Å². The lowest BCUT2D eigenvalue weighted by molar-refractivity contribution is 0.0921. The Labute approximate surface area is 133 Å². The maximum absolute atomic E-state index is 11.5. The molecule has 0 atom stereocenters. The number of aromatic nitrogens is 2. The molecule has 0 aliphatic heterocycles. The van der Waals surface area contributed by atoms with Crippen LogP contribution in [0.4, 0.5) is 5.95 Å². The second kappa shape index (κ2) is 7.18. The smallest absolute Gasteiger partial charge is 0.222 e. The molecule has 1 saturated carbocycles. The van der Waals surface area contributed by atoms with E-state index in [4.69, 9.17) is 0 Å². The third-order valence-corrected chi connectivity index (χ3v) is 5.00. The first kappa shape index (κ1) is 16.9. The fourth-order valence-corrected chi connectivity index (χ4v) is 3.38. The van der Waals surface area contributed by atoms with Crippen molar-refractivity contribution in [3.8, 4) is 0 Å². The normalized spacial score (nSPS) is 17.5. The molecule has 5 heteroatoms. The number of nitrogens with zero attached hydrogens (tertiary/aromatic N) is 3. The van der Waals surface area contributed by atoms with Crippen LogP contribution in [0.1, 0.15) is 62.0 Å². The number of rotatable bonds is 6. The van der Waals surface area contributed by atoms with Gasteiger partial charge in [-0.3, -0.25) is 9.69 Å². The third kappa shape index (κ3) is 3.64. The number of hydrogen-bond acceptors (Lipinski definition) is 5. The monoisotopic (exact) mass is 304 g/mol. The van der Waals surface area contributed by atoms with E-state index in [-0.39, 0.29) is 11.3 Å². The zero-order valence-electron chi connectivity index (χ0n) is 14.3. The van der Waals surface area contributed by atoms with Gasteiger partial charge in [0.25, 0.3) is 0 Å². The van der Waals surface area contributed by atoms with Crippen molar-refractivity contribution in [3.05, 3.63) is 17.5 Å². The molecule has 0 amide bonds. The summed E-state index contributed by atoms with van der Waals surface area (Å²) in [5, 5.41) is 3.40. The maximum Gasteiger partial charge on any atom is 0.222 e. The number of nitrogens with one attached hydrogen (secondary N) is 1. The molecule has 0 saturated heterocycles. The lowest BCUT2D eigenvalue weighted by atomic mass is 9.80. The third-order valence-electron chi connectivity index (χ3n) is 5.00. The minimum atomic E-state index is 0.0125. The van der Waals surface area contributed by atoms with Gasteiger partial charge in [0.2, 0.25) is 5.95 Å². The van der Waals surface area contributed by atoms with Crippen LogP contribution in [-0.2, 0) is 0 Å². The summed E-state index contributed by atoms with van der Waals surface area (Å²) in [6, 6.07) is 0. The first-order chi connectivity index (χ1) is 10.5. The van der Waals surface area contributed by atoms with Crippen LogP contribution in [0.2, 0.25) is 0 Å². The lowest BCUT2D eigenvalue weighted by Gasteiger charge is -2.44. The summed E-state index contributed by atoms with van der Waals surface area (Å²) in [6.45, 7) is 7.52. The number of carbonyl (C=O) groups excluding carboxylic acids is 1. The van der Waals surface area contributed by atoms with Gasteiger partial charge >= 0.3 is 0 Å². The predicted octanol–water partition coefficient (Wildman–Crippen LogP) is 3.05. The molecule has 1 aliphatic carbocycles. The molecule has 0 spiro atoms. The lowest BCUT2D eigenvalue weighted by Crippen LogP contribution is -2.52. The van der Waals surface area contributed by atoms with Crippen molar-refractivity contribution < 1.29 is 4.79 Å². The van der Waals surface area contributed by atoms with Crippen LogP contribution in [0, 0.1) is 6.92 Å². The molecule has 0 unspecified atom stereocenters. The molecule has 1 fully saturated rings. The molecule has 22 heavy (non-hydrogen) atoms. The highest BCUT2D eigenvalue weighted by Crippen LogP contribution is 2.33. The molecular formula is C17H28N4O. The van der Waals surface area contributed by atoms with Crippen LogP contribution in [0.5, 0.6) is 0 Å². The first-order valence-electron chi connectivity index (χ1n) is 8.28. The van der Waals surface area contributed by atoms with Crippen molar-refractivity contribution in [2.24, 2.45) is 0 Å². The standard InChI is InChI=1S/C17H28N4O/c1-5-21(4)17(9-7-6-8-10-17)12-19-16-18-11-15(14(3)22)13(2)20-16/h11H,5-10,12H2,1-4H3,(H,18,19,20). The number of ketones is 1. The Morgan fingerprint density at radius 1 is 1.36 bits per heavy atom. The largest absolute Gasteiger partial charge is 0.352 e. The SMILES string of the molecule is CCN(C)C1(CNc2ncc(C(C)=O)c(C)n2)CCCCC1. The minimum Gasteiger partial charge on any atom is -0.352 e. The van der Waals surface area contributed by atoms with E-state index in [2.05, 4.69) is 34.2 Å². The molecule has 0 radical (unpaired) electrons.